The maximum Gasteiger partial charge on any atom is 0.225 e. The lowest BCUT2D eigenvalue weighted by Gasteiger charge is -2.22. The van der Waals surface area contributed by atoms with Gasteiger partial charge in [-0.3, -0.25) is 0 Å². The van der Waals surface area contributed by atoms with Crippen LogP contribution in [0, 0.1) is 6.92 Å². The normalized spacial score (nSPS) is 10.6. The molecule has 0 bridgehead atoms. The lowest BCUT2D eigenvalue weighted by Crippen LogP contribution is -2.28. The highest BCUT2D eigenvalue weighted by Crippen LogP contribution is 2.23. The Hall–Kier alpha value is -1.36. The molecule has 1 aromatic carbocycles. The van der Waals surface area contributed by atoms with E-state index in [1.54, 1.807) is 12.3 Å². The summed E-state index contributed by atoms with van der Waals surface area (Å²) in [5, 5.41) is 10.2. The fraction of sp³-hybridized carbons (Fsp3) is 0.286. The molecule has 0 fully saturated rings. The molecule has 0 aliphatic heterocycles. The lowest BCUT2D eigenvalue weighted by atomic mass is 10.2. The number of aliphatic hydroxyl groups excluding tert-OH is 1. The van der Waals surface area contributed by atoms with E-state index >= 15 is 0 Å². The minimum atomic E-state index is 0.0264. The van der Waals surface area contributed by atoms with Gasteiger partial charge >= 0.3 is 0 Å². The summed E-state index contributed by atoms with van der Waals surface area (Å²) < 4.78 is 0. The maximum atomic E-state index is 9.20. The van der Waals surface area contributed by atoms with Crippen LogP contribution in [0.5, 0.6) is 0 Å². The number of aromatic nitrogens is 2. The van der Waals surface area contributed by atoms with Gasteiger partial charge in [0.25, 0.3) is 0 Å². The topological polar surface area (TPSA) is 49.2 Å². The molecule has 2 rings (SSSR count). The second-order valence-electron chi connectivity index (χ2n) is 4.39. The second-order valence-corrected chi connectivity index (χ2v) is 5.21. The average Bonchev–Trinajstić information content (AvgIpc) is 2.42. The Morgan fingerprint density at radius 3 is 2.65 bits per heavy atom. The van der Waals surface area contributed by atoms with Crippen molar-refractivity contribution >= 4 is 29.2 Å². The fourth-order valence-corrected chi connectivity index (χ4v) is 2.14. The van der Waals surface area contributed by atoms with E-state index in [1.165, 1.54) is 0 Å². The second kappa shape index (κ2) is 6.88. The zero-order valence-corrected chi connectivity index (χ0v) is 12.6. The molecule has 1 aromatic heterocycles. The van der Waals surface area contributed by atoms with Gasteiger partial charge in [-0.05, 0) is 30.7 Å². The van der Waals surface area contributed by atoms with E-state index in [2.05, 4.69) is 9.97 Å². The Morgan fingerprint density at radius 2 is 2.00 bits per heavy atom. The molecule has 6 heteroatoms. The predicted octanol–water partition coefficient (Wildman–Crippen LogP) is 3.09. The Kier molecular flexibility index (Phi) is 5.17. The van der Waals surface area contributed by atoms with E-state index in [4.69, 9.17) is 23.2 Å². The van der Waals surface area contributed by atoms with Gasteiger partial charge in [0.15, 0.2) is 0 Å². The van der Waals surface area contributed by atoms with Crippen molar-refractivity contribution in [2.24, 2.45) is 0 Å². The molecular weight excluding hydrogens is 297 g/mol. The summed E-state index contributed by atoms with van der Waals surface area (Å²) in [6.45, 7) is 2.94. The van der Waals surface area contributed by atoms with Crippen LogP contribution in [0.4, 0.5) is 5.95 Å². The molecule has 0 aliphatic rings. The summed E-state index contributed by atoms with van der Waals surface area (Å²) in [4.78, 5) is 10.5. The zero-order chi connectivity index (χ0) is 14.5. The van der Waals surface area contributed by atoms with Crippen molar-refractivity contribution < 1.29 is 5.11 Å². The van der Waals surface area contributed by atoms with E-state index in [0.717, 1.165) is 11.3 Å². The molecule has 0 amide bonds. The standard InChI is InChI=1S/C14H15Cl2N3O/c1-10-4-5-17-14(18-10)19(6-7-20)9-11-2-3-12(15)13(16)8-11/h2-5,8,20H,6-7,9H2,1H3. The highest BCUT2D eigenvalue weighted by molar-refractivity contribution is 6.42. The fourth-order valence-electron chi connectivity index (χ4n) is 1.82. The molecule has 106 valence electrons. The SMILES string of the molecule is Cc1ccnc(N(CCO)Cc2ccc(Cl)c(Cl)c2)n1. The van der Waals surface area contributed by atoms with E-state index < -0.39 is 0 Å². The number of aryl methyl sites for hydroxylation is 1. The van der Waals surface area contributed by atoms with Crippen LogP contribution < -0.4 is 4.90 Å². The molecule has 4 nitrogen and oxygen atoms in total. The van der Waals surface area contributed by atoms with E-state index in [9.17, 15) is 5.11 Å². The summed E-state index contributed by atoms with van der Waals surface area (Å²) >= 11 is 11.9. The molecule has 0 radical (unpaired) electrons. The summed E-state index contributed by atoms with van der Waals surface area (Å²) in [6, 6.07) is 7.30. The van der Waals surface area contributed by atoms with Crippen molar-refractivity contribution in [2.45, 2.75) is 13.5 Å². The summed E-state index contributed by atoms with van der Waals surface area (Å²) in [5.41, 5.74) is 1.87. The van der Waals surface area contributed by atoms with Gasteiger partial charge in [-0.1, -0.05) is 29.3 Å². The summed E-state index contributed by atoms with van der Waals surface area (Å²) in [6.07, 6.45) is 1.71. The highest BCUT2D eigenvalue weighted by atomic mass is 35.5. The molecule has 0 saturated carbocycles. The number of rotatable bonds is 5. The number of nitrogens with zero attached hydrogens (tertiary/aromatic N) is 3. The van der Waals surface area contributed by atoms with Crippen LogP contribution in [0.1, 0.15) is 11.3 Å². The van der Waals surface area contributed by atoms with Gasteiger partial charge in [0.2, 0.25) is 5.95 Å². The Balaban J connectivity index is 2.22. The van der Waals surface area contributed by atoms with Gasteiger partial charge in [-0.2, -0.15) is 0 Å². The number of anilines is 1. The molecule has 0 aliphatic carbocycles. The Morgan fingerprint density at radius 1 is 1.20 bits per heavy atom. The lowest BCUT2D eigenvalue weighted by molar-refractivity contribution is 0.300. The summed E-state index contributed by atoms with van der Waals surface area (Å²) in [5.74, 6) is 0.588. The predicted molar refractivity (Wildman–Crippen MR) is 81.4 cm³/mol. The van der Waals surface area contributed by atoms with Crippen LogP contribution in [-0.2, 0) is 6.54 Å². The van der Waals surface area contributed by atoms with Crippen LogP contribution >= 0.6 is 23.2 Å². The quantitative estimate of drug-likeness (QED) is 0.922. The van der Waals surface area contributed by atoms with Crippen LogP contribution in [-0.4, -0.2) is 28.2 Å². The average molecular weight is 312 g/mol. The van der Waals surface area contributed by atoms with Crippen LogP contribution in [0.15, 0.2) is 30.5 Å². The van der Waals surface area contributed by atoms with Gasteiger partial charge < -0.3 is 10.0 Å². The Bertz CT molecular complexity index is 592. The van der Waals surface area contributed by atoms with Crippen LogP contribution in [0.25, 0.3) is 0 Å². The highest BCUT2D eigenvalue weighted by Gasteiger charge is 2.11. The number of benzene rings is 1. The van der Waals surface area contributed by atoms with Crippen LogP contribution in [0.3, 0.4) is 0 Å². The van der Waals surface area contributed by atoms with Gasteiger partial charge in [0.1, 0.15) is 0 Å². The number of hydrogen-bond acceptors (Lipinski definition) is 4. The van der Waals surface area contributed by atoms with E-state index in [-0.39, 0.29) is 6.61 Å². The van der Waals surface area contributed by atoms with Gasteiger partial charge in [-0.25, -0.2) is 9.97 Å². The first-order valence-corrected chi connectivity index (χ1v) is 6.95. The molecule has 2 aromatic rings. The van der Waals surface area contributed by atoms with Gasteiger partial charge in [0, 0.05) is 25.0 Å². The third-order valence-corrected chi connectivity index (χ3v) is 3.53. The third-order valence-electron chi connectivity index (χ3n) is 2.79. The first-order chi connectivity index (χ1) is 9.60. The maximum absolute atomic E-state index is 9.20. The molecular formula is C14H15Cl2N3O. The van der Waals surface area contributed by atoms with Gasteiger partial charge in [-0.15, -0.1) is 0 Å². The summed E-state index contributed by atoms with van der Waals surface area (Å²) in [7, 11) is 0. The van der Waals surface area contributed by atoms with Crippen molar-refractivity contribution in [3.05, 3.63) is 51.8 Å². The number of aliphatic hydroxyl groups is 1. The number of hydrogen-bond donors (Lipinski definition) is 1. The first-order valence-electron chi connectivity index (χ1n) is 6.19. The van der Waals surface area contributed by atoms with Crippen molar-refractivity contribution in [1.29, 1.82) is 0 Å². The first kappa shape index (κ1) is 15.0. The third kappa shape index (κ3) is 3.82. The molecule has 0 atom stereocenters. The molecule has 0 saturated heterocycles. The van der Waals surface area contributed by atoms with Gasteiger partial charge in [0.05, 0.1) is 16.7 Å². The van der Waals surface area contributed by atoms with Crippen molar-refractivity contribution in [2.75, 3.05) is 18.1 Å². The van der Waals surface area contributed by atoms with Crippen LogP contribution in [0.2, 0.25) is 10.0 Å². The molecule has 20 heavy (non-hydrogen) atoms. The monoisotopic (exact) mass is 311 g/mol. The molecule has 1 heterocycles. The zero-order valence-electron chi connectivity index (χ0n) is 11.1. The minimum Gasteiger partial charge on any atom is -0.395 e. The minimum absolute atomic E-state index is 0.0264. The largest absolute Gasteiger partial charge is 0.395 e. The van der Waals surface area contributed by atoms with Crippen molar-refractivity contribution in [1.82, 2.24) is 9.97 Å². The Labute approximate surface area is 128 Å². The molecule has 0 spiro atoms. The molecule has 1 N–H and O–H groups in total. The smallest absolute Gasteiger partial charge is 0.225 e. The van der Waals surface area contributed by atoms with E-state index in [0.29, 0.717) is 29.1 Å². The van der Waals surface area contributed by atoms with Crippen molar-refractivity contribution in [3.63, 3.8) is 0 Å². The van der Waals surface area contributed by atoms with Crippen molar-refractivity contribution in [3.8, 4) is 0 Å². The molecule has 0 unspecified atom stereocenters. The number of halogens is 2. The van der Waals surface area contributed by atoms with E-state index in [1.807, 2.05) is 30.0 Å².